The Bertz CT molecular complexity index is 361. The zero-order valence-electron chi connectivity index (χ0n) is 8.15. The number of allylic oxidation sites excluding steroid dienone is 1. The van der Waals surface area contributed by atoms with Crippen LogP contribution in [0.5, 0.6) is 0 Å². The molecule has 0 aromatic heterocycles. The van der Waals surface area contributed by atoms with Gasteiger partial charge in [0.15, 0.2) is 11.6 Å². The van der Waals surface area contributed by atoms with Crippen LogP contribution in [0.2, 0.25) is 0 Å². The van der Waals surface area contributed by atoms with Gasteiger partial charge in [0.05, 0.1) is 12.8 Å². The highest BCUT2D eigenvalue weighted by Crippen LogP contribution is 2.06. The second-order valence-electron chi connectivity index (χ2n) is 2.99. The Kier molecular flexibility index (Phi) is 3.82. The van der Waals surface area contributed by atoms with Gasteiger partial charge in [-0.2, -0.15) is 0 Å². The van der Waals surface area contributed by atoms with E-state index in [9.17, 15) is 4.39 Å². The fourth-order valence-electron chi connectivity index (χ4n) is 1.08. The zero-order valence-corrected chi connectivity index (χ0v) is 8.15. The van der Waals surface area contributed by atoms with Gasteiger partial charge in [-0.3, -0.25) is 5.01 Å². The fourth-order valence-corrected chi connectivity index (χ4v) is 1.08. The predicted octanol–water partition coefficient (Wildman–Crippen LogP) is 1.11. The lowest BCUT2D eigenvalue weighted by atomic mass is 10.2. The molecule has 4 nitrogen and oxygen atoms in total. The third kappa shape index (κ3) is 3.07. The van der Waals surface area contributed by atoms with Crippen molar-refractivity contribution in [3.05, 3.63) is 47.5 Å². The molecule has 0 atom stereocenters. The lowest BCUT2D eigenvalue weighted by molar-refractivity contribution is 0.336. The summed E-state index contributed by atoms with van der Waals surface area (Å²) >= 11 is 0. The van der Waals surface area contributed by atoms with E-state index in [0.717, 1.165) is 10.6 Å². The van der Waals surface area contributed by atoms with E-state index in [-0.39, 0.29) is 5.82 Å². The summed E-state index contributed by atoms with van der Waals surface area (Å²) in [5.41, 5.74) is 6.29. The molecule has 0 fully saturated rings. The highest BCUT2D eigenvalue weighted by molar-refractivity contribution is 5.73. The number of benzene rings is 1. The third-order valence-corrected chi connectivity index (χ3v) is 1.88. The molecule has 1 aromatic rings. The minimum Gasteiger partial charge on any atom is -0.382 e. The van der Waals surface area contributed by atoms with Gasteiger partial charge in [0.1, 0.15) is 0 Å². The topological polar surface area (TPSA) is 79.1 Å². The zero-order chi connectivity index (χ0) is 11.3. The van der Waals surface area contributed by atoms with E-state index >= 15 is 0 Å². The first-order chi connectivity index (χ1) is 7.15. The van der Waals surface area contributed by atoms with Crippen LogP contribution in [0.15, 0.2) is 42.0 Å². The maximum absolute atomic E-state index is 12.9. The molecule has 0 saturated heterocycles. The maximum atomic E-state index is 12.9. The Morgan fingerprint density at radius 2 is 2.00 bits per heavy atom. The van der Waals surface area contributed by atoms with Gasteiger partial charge in [-0.1, -0.05) is 30.3 Å². The first-order valence-corrected chi connectivity index (χ1v) is 4.37. The molecule has 0 unspecified atom stereocenters. The van der Waals surface area contributed by atoms with Crippen molar-refractivity contribution in [1.29, 1.82) is 5.41 Å². The van der Waals surface area contributed by atoms with Crippen molar-refractivity contribution in [1.82, 2.24) is 5.01 Å². The van der Waals surface area contributed by atoms with Crippen LogP contribution < -0.4 is 11.6 Å². The van der Waals surface area contributed by atoms with Crippen molar-refractivity contribution < 1.29 is 4.39 Å². The lowest BCUT2D eigenvalue weighted by Crippen LogP contribution is -2.34. The van der Waals surface area contributed by atoms with Crippen molar-refractivity contribution in [2.24, 2.45) is 11.6 Å². The molecule has 0 bridgehead atoms. The number of hydrogen-bond acceptors (Lipinski definition) is 4. The molecule has 0 spiro atoms. The summed E-state index contributed by atoms with van der Waals surface area (Å²) in [5, 5.41) is 7.76. The lowest BCUT2D eigenvalue weighted by Gasteiger charge is -2.18. The maximum Gasteiger partial charge on any atom is 0.181 e. The van der Waals surface area contributed by atoms with E-state index in [1.54, 1.807) is 0 Å². The van der Waals surface area contributed by atoms with Gasteiger partial charge >= 0.3 is 0 Å². The van der Waals surface area contributed by atoms with E-state index < -0.39 is 5.83 Å². The third-order valence-electron chi connectivity index (χ3n) is 1.88. The first-order valence-electron chi connectivity index (χ1n) is 4.37. The van der Waals surface area contributed by atoms with E-state index in [1.807, 2.05) is 30.3 Å². The van der Waals surface area contributed by atoms with Gasteiger partial charge in [-0.05, 0) is 5.56 Å². The SMILES string of the molecule is N=C/C(F)=C(\N)N(N)Cc1ccccc1. The van der Waals surface area contributed by atoms with Crippen molar-refractivity contribution >= 4 is 6.21 Å². The second-order valence-corrected chi connectivity index (χ2v) is 2.99. The highest BCUT2D eigenvalue weighted by atomic mass is 19.1. The molecule has 0 aliphatic rings. The summed E-state index contributed by atoms with van der Waals surface area (Å²) in [5.74, 6) is 4.45. The quantitative estimate of drug-likeness (QED) is 0.394. The normalized spacial score (nSPS) is 11.9. The van der Waals surface area contributed by atoms with Gasteiger partial charge in [-0.25, -0.2) is 10.2 Å². The Labute approximate surface area is 87.5 Å². The van der Waals surface area contributed by atoms with Crippen molar-refractivity contribution in [2.45, 2.75) is 6.54 Å². The van der Waals surface area contributed by atoms with Crippen molar-refractivity contribution in [2.75, 3.05) is 0 Å². The van der Waals surface area contributed by atoms with Crippen LogP contribution in [0.3, 0.4) is 0 Å². The second kappa shape index (κ2) is 5.11. The molecule has 80 valence electrons. The number of rotatable bonds is 4. The van der Waals surface area contributed by atoms with E-state index in [1.165, 1.54) is 0 Å². The summed E-state index contributed by atoms with van der Waals surface area (Å²) in [6.45, 7) is 0.300. The predicted molar refractivity (Wildman–Crippen MR) is 57.3 cm³/mol. The number of hydrogen-bond donors (Lipinski definition) is 3. The fraction of sp³-hybridized carbons (Fsp3) is 0.100. The number of nitrogens with two attached hydrogens (primary N) is 2. The molecule has 0 saturated carbocycles. The van der Waals surface area contributed by atoms with Crippen molar-refractivity contribution in [3.63, 3.8) is 0 Å². The summed E-state index contributed by atoms with van der Waals surface area (Å²) in [6.07, 6.45) is 0.528. The first kappa shape index (κ1) is 11.2. The molecular formula is C10H13FN4. The van der Waals surface area contributed by atoms with Crippen LogP contribution in [0.4, 0.5) is 4.39 Å². The number of halogens is 1. The van der Waals surface area contributed by atoms with Gasteiger partial charge in [0, 0.05) is 0 Å². The molecule has 5 heteroatoms. The molecule has 1 rings (SSSR count). The van der Waals surface area contributed by atoms with Crippen LogP contribution in [0.25, 0.3) is 0 Å². The minimum absolute atomic E-state index is 0.242. The van der Waals surface area contributed by atoms with Crippen LogP contribution >= 0.6 is 0 Å². The van der Waals surface area contributed by atoms with E-state index in [4.69, 9.17) is 17.0 Å². The average molecular weight is 208 g/mol. The molecule has 0 heterocycles. The Morgan fingerprint density at radius 1 is 1.40 bits per heavy atom. The van der Waals surface area contributed by atoms with E-state index in [2.05, 4.69) is 0 Å². The summed E-state index contributed by atoms with van der Waals surface area (Å²) in [6, 6.07) is 9.30. The Hall–Kier alpha value is -1.88. The van der Waals surface area contributed by atoms with Gasteiger partial charge in [-0.15, -0.1) is 0 Å². The smallest absolute Gasteiger partial charge is 0.181 e. The number of hydrazine groups is 1. The molecule has 1 aromatic carbocycles. The summed E-state index contributed by atoms with van der Waals surface area (Å²) in [4.78, 5) is 0. The molecule has 0 amide bonds. The molecule has 5 N–H and O–H groups in total. The Balaban J connectivity index is 2.72. The molecule has 0 aliphatic heterocycles. The highest BCUT2D eigenvalue weighted by Gasteiger charge is 2.06. The largest absolute Gasteiger partial charge is 0.382 e. The van der Waals surface area contributed by atoms with Crippen molar-refractivity contribution in [3.8, 4) is 0 Å². The average Bonchev–Trinajstić information content (AvgIpc) is 2.28. The van der Waals surface area contributed by atoms with Crippen LogP contribution in [-0.4, -0.2) is 11.2 Å². The number of nitrogens with one attached hydrogen (secondary N) is 1. The molecule has 0 aliphatic carbocycles. The summed E-state index contributed by atoms with van der Waals surface area (Å²) < 4.78 is 12.9. The van der Waals surface area contributed by atoms with Gasteiger partial charge < -0.3 is 11.1 Å². The monoisotopic (exact) mass is 208 g/mol. The van der Waals surface area contributed by atoms with Crippen LogP contribution in [0.1, 0.15) is 5.56 Å². The van der Waals surface area contributed by atoms with Crippen LogP contribution in [0, 0.1) is 5.41 Å². The Morgan fingerprint density at radius 3 is 2.53 bits per heavy atom. The van der Waals surface area contributed by atoms with E-state index in [0.29, 0.717) is 12.8 Å². The minimum atomic E-state index is -0.839. The molecular weight excluding hydrogens is 195 g/mol. The summed E-state index contributed by atoms with van der Waals surface area (Å²) in [7, 11) is 0. The standard InChI is InChI=1S/C10H13FN4/c11-9(6-12)10(13)15(14)7-8-4-2-1-3-5-8/h1-6,12H,7,13-14H2/b10-9-,12-6?. The molecule has 0 radical (unpaired) electrons. The van der Waals surface area contributed by atoms with Crippen LogP contribution in [-0.2, 0) is 6.54 Å². The molecule has 15 heavy (non-hydrogen) atoms. The van der Waals surface area contributed by atoms with Gasteiger partial charge in [0.2, 0.25) is 0 Å². The van der Waals surface area contributed by atoms with Gasteiger partial charge in [0.25, 0.3) is 0 Å². The number of nitrogens with zero attached hydrogens (tertiary/aromatic N) is 1.